The van der Waals surface area contributed by atoms with Gasteiger partial charge in [0.05, 0.1) is 0 Å². The van der Waals surface area contributed by atoms with Gasteiger partial charge in [-0.2, -0.15) is 0 Å². The van der Waals surface area contributed by atoms with Gasteiger partial charge in [0.1, 0.15) is 5.56 Å². The highest BCUT2D eigenvalue weighted by molar-refractivity contribution is 6.32. The van der Waals surface area contributed by atoms with Crippen LogP contribution < -0.4 is 4.90 Å². The van der Waals surface area contributed by atoms with Gasteiger partial charge >= 0.3 is 5.97 Å². The molecule has 0 spiro atoms. The fourth-order valence-electron chi connectivity index (χ4n) is 1.62. The lowest BCUT2D eigenvalue weighted by Gasteiger charge is -2.15. The number of carboxylic acid groups (broad SMARTS) is 1. The van der Waals surface area contributed by atoms with Gasteiger partial charge in [-0.25, -0.2) is 4.79 Å². The third-order valence-corrected chi connectivity index (χ3v) is 2.68. The minimum absolute atomic E-state index is 0.00793. The highest BCUT2D eigenvalue weighted by Crippen LogP contribution is 2.21. The smallest absolute Gasteiger partial charge is 0.339 e. The second-order valence-corrected chi connectivity index (χ2v) is 3.76. The number of aromatic nitrogens is 2. The topological polar surface area (TPSA) is 66.3 Å². The molecule has 2 rings (SSSR count). The Kier molecular flexibility index (Phi) is 2.73. The van der Waals surface area contributed by atoms with Crippen LogP contribution in [0.15, 0.2) is 6.07 Å². The normalized spacial score (nSPS) is 15.7. The summed E-state index contributed by atoms with van der Waals surface area (Å²) in [4.78, 5) is 12.8. The van der Waals surface area contributed by atoms with Crippen LogP contribution in [0.3, 0.4) is 0 Å². The van der Waals surface area contributed by atoms with Crippen LogP contribution in [0, 0.1) is 0 Å². The molecule has 15 heavy (non-hydrogen) atoms. The van der Waals surface area contributed by atoms with E-state index in [1.165, 1.54) is 6.07 Å². The molecule has 0 amide bonds. The molecule has 1 aromatic rings. The molecule has 1 aromatic heterocycles. The maximum absolute atomic E-state index is 10.8. The predicted molar refractivity (Wildman–Crippen MR) is 55.4 cm³/mol. The van der Waals surface area contributed by atoms with Gasteiger partial charge in [-0.15, -0.1) is 10.2 Å². The average Bonchev–Trinajstić information content (AvgIpc) is 2.71. The summed E-state index contributed by atoms with van der Waals surface area (Å²) in [5, 5.41) is 16.3. The van der Waals surface area contributed by atoms with Crippen LogP contribution in [0.25, 0.3) is 0 Å². The minimum Gasteiger partial charge on any atom is -0.478 e. The third kappa shape index (κ3) is 2.02. The lowest BCUT2D eigenvalue weighted by atomic mass is 10.3. The summed E-state index contributed by atoms with van der Waals surface area (Å²) < 4.78 is 0. The Bertz CT molecular complexity index is 391. The van der Waals surface area contributed by atoms with Crippen LogP contribution in [0.1, 0.15) is 23.2 Å². The SMILES string of the molecule is O=C(O)c1cc(N2CCCC2)nnc1Cl. The number of aromatic carboxylic acids is 1. The standard InChI is InChI=1S/C9H10ClN3O2/c10-8-6(9(14)15)5-7(11-12-8)13-3-1-2-4-13/h5H,1-4H2,(H,14,15). The molecule has 0 atom stereocenters. The lowest BCUT2D eigenvalue weighted by molar-refractivity contribution is 0.0696. The largest absolute Gasteiger partial charge is 0.478 e. The Balaban J connectivity index is 2.33. The van der Waals surface area contributed by atoms with Gasteiger partial charge < -0.3 is 10.0 Å². The van der Waals surface area contributed by atoms with Crippen molar-refractivity contribution in [2.75, 3.05) is 18.0 Å². The zero-order chi connectivity index (χ0) is 10.8. The van der Waals surface area contributed by atoms with Gasteiger partial charge in [0.2, 0.25) is 0 Å². The monoisotopic (exact) mass is 227 g/mol. The summed E-state index contributed by atoms with van der Waals surface area (Å²) >= 11 is 5.62. The predicted octanol–water partition coefficient (Wildman–Crippen LogP) is 1.43. The number of carboxylic acids is 1. The fourth-order valence-corrected chi connectivity index (χ4v) is 1.79. The van der Waals surface area contributed by atoms with Crippen molar-refractivity contribution in [3.05, 3.63) is 16.8 Å². The van der Waals surface area contributed by atoms with Crippen molar-refractivity contribution in [1.82, 2.24) is 10.2 Å². The van der Waals surface area contributed by atoms with E-state index in [-0.39, 0.29) is 10.7 Å². The van der Waals surface area contributed by atoms with E-state index < -0.39 is 5.97 Å². The molecule has 1 saturated heterocycles. The molecular formula is C9H10ClN3O2. The van der Waals surface area contributed by atoms with Gasteiger partial charge in [0.15, 0.2) is 11.0 Å². The van der Waals surface area contributed by atoms with Crippen molar-refractivity contribution in [3.63, 3.8) is 0 Å². The number of anilines is 1. The molecule has 0 saturated carbocycles. The van der Waals surface area contributed by atoms with E-state index in [4.69, 9.17) is 16.7 Å². The van der Waals surface area contributed by atoms with Crippen LogP contribution in [0.5, 0.6) is 0 Å². The van der Waals surface area contributed by atoms with E-state index in [2.05, 4.69) is 10.2 Å². The number of hydrogen-bond acceptors (Lipinski definition) is 4. The maximum atomic E-state index is 10.8. The summed E-state index contributed by atoms with van der Waals surface area (Å²) in [7, 11) is 0. The van der Waals surface area contributed by atoms with Crippen molar-refractivity contribution >= 4 is 23.4 Å². The molecule has 0 radical (unpaired) electrons. The van der Waals surface area contributed by atoms with Crippen molar-refractivity contribution in [3.8, 4) is 0 Å². The zero-order valence-electron chi connectivity index (χ0n) is 7.98. The Morgan fingerprint density at radius 1 is 1.40 bits per heavy atom. The number of carbonyl (C=O) groups is 1. The van der Waals surface area contributed by atoms with Crippen LogP contribution in [0.4, 0.5) is 5.82 Å². The summed E-state index contributed by atoms with van der Waals surface area (Å²) in [6.45, 7) is 1.80. The first-order valence-electron chi connectivity index (χ1n) is 4.70. The van der Waals surface area contributed by atoms with Crippen LogP contribution >= 0.6 is 11.6 Å². The molecule has 1 fully saturated rings. The Hall–Kier alpha value is -1.36. The molecule has 1 aliphatic rings. The highest BCUT2D eigenvalue weighted by Gasteiger charge is 2.18. The van der Waals surface area contributed by atoms with Gasteiger partial charge in [-0.1, -0.05) is 11.6 Å². The zero-order valence-corrected chi connectivity index (χ0v) is 8.74. The van der Waals surface area contributed by atoms with Gasteiger partial charge in [-0.05, 0) is 12.8 Å². The van der Waals surface area contributed by atoms with E-state index in [1.807, 2.05) is 4.90 Å². The highest BCUT2D eigenvalue weighted by atomic mass is 35.5. The molecule has 0 unspecified atom stereocenters. The molecule has 2 heterocycles. The van der Waals surface area contributed by atoms with Crippen LogP contribution in [-0.4, -0.2) is 34.4 Å². The molecule has 1 N–H and O–H groups in total. The molecule has 6 heteroatoms. The number of halogens is 1. The van der Waals surface area contributed by atoms with E-state index in [1.54, 1.807) is 0 Å². The molecule has 80 valence electrons. The quantitative estimate of drug-likeness (QED) is 0.828. The van der Waals surface area contributed by atoms with Crippen molar-refractivity contribution < 1.29 is 9.90 Å². The Morgan fingerprint density at radius 3 is 2.67 bits per heavy atom. The van der Waals surface area contributed by atoms with E-state index >= 15 is 0 Å². The molecular weight excluding hydrogens is 218 g/mol. The van der Waals surface area contributed by atoms with Crippen LogP contribution in [-0.2, 0) is 0 Å². The van der Waals surface area contributed by atoms with E-state index in [9.17, 15) is 4.79 Å². The molecule has 0 aliphatic carbocycles. The maximum Gasteiger partial charge on any atom is 0.339 e. The molecule has 0 aromatic carbocycles. The Labute approximate surface area is 91.7 Å². The lowest BCUT2D eigenvalue weighted by Crippen LogP contribution is -2.20. The second kappa shape index (κ2) is 4.02. The number of nitrogens with zero attached hydrogens (tertiary/aromatic N) is 3. The summed E-state index contributed by atoms with van der Waals surface area (Å²) in [5.41, 5.74) is 0.00793. The van der Waals surface area contributed by atoms with Crippen molar-refractivity contribution in [1.29, 1.82) is 0 Å². The van der Waals surface area contributed by atoms with Crippen molar-refractivity contribution in [2.45, 2.75) is 12.8 Å². The molecule has 0 bridgehead atoms. The van der Waals surface area contributed by atoms with Gasteiger partial charge in [-0.3, -0.25) is 0 Å². The summed E-state index contributed by atoms with van der Waals surface area (Å²) in [6, 6.07) is 1.48. The van der Waals surface area contributed by atoms with Crippen LogP contribution in [0.2, 0.25) is 5.15 Å². The van der Waals surface area contributed by atoms with Crippen molar-refractivity contribution in [2.24, 2.45) is 0 Å². The number of rotatable bonds is 2. The first kappa shape index (κ1) is 10.2. The minimum atomic E-state index is -1.07. The third-order valence-electron chi connectivity index (χ3n) is 2.40. The summed E-state index contributed by atoms with van der Waals surface area (Å²) in [5.74, 6) is -0.482. The summed E-state index contributed by atoms with van der Waals surface area (Å²) in [6.07, 6.45) is 2.21. The van der Waals surface area contributed by atoms with E-state index in [0.717, 1.165) is 25.9 Å². The van der Waals surface area contributed by atoms with E-state index in [0.29, 0.717) is 5.82 Å². The van der Waals surface area contributed by atoms with Gasteiger partial charge in [0, 0.05) is 19.2 Å². The average molecular weight is 228 g/mol. The second-order valence-electron chi connectivity index (χ2n) is 3.41. The molecule has 5 nitrogen and oxygen atoms in total. The first-order valence-corrected chi connectivity index (χ1v) is 5.08. The Morgan fingerprint density at radius 2 is 2.07 bits per heavy atom. The number of hydrogen-bond donors (Lipinski definition) is 1. The first-order chi connectivity index (χ1) is 7.18. The molecule has 1 aliphatic heterocycles. The van der Waals surface area contributed by atoms with Gasteiger partial charge in [0.25, 0.3) is 0 Å². The fraction of sp³-hybridized carbons (Fsp3) is 0.444.